The zero-order valence-electron chi connectivity index (χ0n) is 15.0. The lowest BCUT2D eigenvalue weighted by atomic mass is 9.99. The average Bonchev–Trinajstić information content (AvgIpc) is 2.60. The van der Waals surface area contributed by atoms with Crippen molar-refractivity contribution >= 4 is 18.3 Å². The molecule has 2 rings (SSSR count). The van der Waals surface area contributed by atoms with E-state index in [1.165, 1.54) is 5.56 Å². The van der Waals surface area contributed by atoms with Crippen LogP contribution in [0.4, 0.5) is 0 Å². The number of carbonyl (C=O) groups is 1. The fourth-order valence-electron chi connectivity index (χ4n) is 2.52. The molecule has 2 aromatic rings. The third-order valence-electron chi connectivity index (χ3n) is 4.01. The predicted octanol–water partition coefficient (Wildman–Crippen LogP) is 3.81. The van der Waals surface area contributed by atoms with Gasteiger partial charge in [-0.2, -0.15) is 0 Å². The fraction of sp³-hybridized carbons (Fsp3) is 0.350. The van der Waals surface area contributed by atoms with Crippen LogP contribution >= 0.6 is 12.4 Å². The van der Waals surface area contributed by atoms with Crippen LogP contribution in [0.1, 0.15) is 52.9 Å². The molecule has 1 amide bonds. The second-order valence-corrected chi connectivity index (χ2v) is 6.27. The number of benzene rings is 2. The summed E-state index contributed by atoms with van der Waals surface area (Å²) >= 11 is 0. The zero-order valence-corrected chi connectivity index (χ0v) is 15.8. The van der Waals surface area contributed by atoms with Gasteiger partial charge in [0.15, 0.2) is 0 Å². The molecule has 1 atom stereocenters. The number of nitrogens with two attached hydrogens (primary N) is 1. The van der Waals surface area contributed by atoms with E-state index in [1.54, 1.807) is 13.2 Å². The molecule has 0 aromatic heterocycles. The summed E-state index contributed by atoms with van der Waals surface area (Å²) in [7, 11) is 1.64. The highest BCUT2D eigenvalue weighted by Gasteiger charge is 2.11. The number of halogens is 1. The molecule has 136 valence electrons. The van der Waals surface area contributed by atoms with E-state index in [0.29, 0.717) is 24.6 Å². The molecule has 3 N–H and O–H groups in total. The lowest BCUT2D eigenvalue weighted by Crippen LogP contribution is -2.31. The van der Waals surface area contributed by atoms with E-state index in [2.05, 4.69) is 31.3 Å². The largest absolute Gasteiger partial charge is 0.380 e. The molecular weight excluding hydrogens is 336 g/mol. The van der Waals surface area contributed by atoms with E-state index in [-0.39, 0.29) is 24.4 Å². The minimum Gasteiger partial charge on any atom is -0.380 e. The first-order chi connectivity index (χ1) is 11.5. The third kappa shape index (κ3) is 6.16. The maximum absolute atomic E-state index is 12.3. The van der Waals surface area contributed by atoms with Crippen molar-refractivity contribution in [3.63, 3.8) is 0 Å². The van der Waals surface area contributed by atoms with Crippen LogP contribution in [0.5, 0.6) is 0 Å². The lowest BCUT2D eigenvalue weighted by molar-refractivity contribution is 0.0951. The summed E-state index contributed by atoms with van der Waals surface area (Å²) in [5.74, 6) is 0.372. The molecule has 0 fully saturated rings. The fourth-order valence-corrected chi connectivity index (χ4v) is 2.52. The monoisotopic (exact) mass is 362 g/mol. The van der Waals surface area contributed by atoms with Crippen molar-refractivity contribution in [1.82, 2.24) is 5.32 Å². The van der Waals surface area contributed by atoms with Gasteiger partial charge in [-0.05, 0) is 34.7 Å². The van der Waals surface area contributed by atoms with Gasteiger partial charge >= 0.3 is 0 Å². The third-order valence-corrected chi connectivity index (χ3v) is 4.01. The van der Waals surface area contributed by atoms with Crippen molar-refractivity contribution in [1.29, 1.82) is 0 Å². The minimum atomic E-state index is -0.225. The van der Waals surface area contributed by atoms with Gasteiger partial charge in [0.25, 0.3) is 5.91 Å². The minimum absolute atomic E-state index is 0. The van der Waals surface area contributed by atoms with Gasteiger partial charge < -0.3 is 15.8 Å². The molecule has 0 saturated carbocycles. The molecule has 0 heterocycles. The number of rotatable bonds is 7. The van der Waals surface area contributed by atoms with Crippen molar-refractivity contribution in [3.8, 4) is 0 Å². The van der Waals surface area contributed by atoms with Crippen molar-refractivity contribution in [2.24, 2.45) is 5.73 Å². The highest BCUT2D eigenvalue weighted by atomic mass is 35.5. The Morgan fingerprint density at radius 2 is 1.76 bits per heavy atom. The van der Waals surface area contributed by atoms with Gasteiger partial charge in [0.2, 0.25) is 0 Å². The Bertz CT molecular complexity index is 672. The van der Waals surface area contributed by atoms with E-state index in [1.807, 2.05) is 30.3 Å². The molecule has 0 aliphatic rings. The Kier molecular flexibility index (Phi) is 8.62. The van der Waals surface area contributed by atoms with Crippen LogP contribution in [0.15, 0.2) is 48.5 Å². The van der Waals surface area contributed by atoms with Crippen LogP contribution in [-0.4, -0.2) is 19.6 Å². The molecule has 2 aromatic carbocycles. The van der Waals surface area contributed by atoms with Crippen LogP contribution < -0.4 is 11.1 Å². The Balaban J connectivity index is 0.00000312. The molecule has 25 heavy (non-hydrogen) atoms. The van der Waals surface area contributed by atoms with Gasteiger partial charge in [-0.1, -0.05) is 50.2 Å². The van der Waals surface area contributed by atoms with Gasteiger partial charge in [0.05, 0.1) is 6.61 Å². The number of methoxy groups -OCH3 is 1. The summed E-state index contributed by atoms with van der Waals surface area (Å²) < 4.78 is 5.09. The maximum Gasteiger partial charge on any atom is 0.251 e. The summed E-state index contributed by atoms with van der Waals surface area (Å²) in [4.78, 5) is 12.3. The van der Waals surface area contributed by atoms with Gasteiger partial charge in [-0.25, -0.2) is 0 Å². The van der Waals surface area contributed by atoms with Gasteiger partial charge in [0.1, 0.15) is 0 Å². The first-order valence-corrected chi connectivity index (χ1v) is 8.22. The van der Waals surface area contributed by atoms with Crippen molar-refractivity contribution < 1.29 is 9.53 Å². The summed E-state index contributed by atoms with van der Waals surface area (Å²) in [6.45, 7) is 5.21. The molecular formula is C20H27ClN2O2. The van der Waals surface area contributed by atoms with Gasteiger partial charge in [-0.15, -0.1) is 12.4 Å². The van der Waals surface area contributed by atoms with Gasteiger partial charge in [-0.3, -0.25) is 4.79 Å². The zero-order chi connectivity index (χ0) is 17.5. The Morgan fingerprint density at radius 3 is 2.36 bits per heavy atom. The Morgan fingerprint density at radius 1 is 1.12 bits per heavy atom. The normalized spacial score (nSPS) is 11.7. The topological polar surface area (TPSA) is 64.3 Å². The van der Waals surface area contributed by atoms with E-state index >= 15 is 0 Å². The van der Waals surface area contributed by atoms with Crippen LogP contribution in [0, 0.1) is 0 Å². The van der Waals surface area contributed by atoms with Crippen LogP contribution in [0.3, 0.4) is 0 Å². The molecule has 0 radical (unpaired) electrons. The SMILES string of the molecule is COCc1cccc(C(=O)NCC(N)c2ccc(C(C)C)cc2)c1.Cl. The molecule has 0 spiro atoms. The predicted molar refractivity (Wildman–Crippen MR) is 104 cm³/mol. The first-order valence-electron chi connectivity index (χ1n) is 8.22. The van der Waals surface area contributed by atoms with Crippen LogP contribution in [0.25, 0.3) is 0 Å². The molecule has 1 unspecified atom stereocenters. The molecule has 4 nitrogen and oxygen atoms in total. The number of ether oxygens (including phenoxy) is 1. The average molecular weight is 363 g/mol. The summed E-state index contributed by atoms with van der Waals surface area (Å²) in [6, 6.07) is 15.4. The second-order valence-electron chi connectivity index (χ2n) is 6.27. The Labute approximate surface area is 156 Å². The van der Waals surface area contributed by atoms with E-state index in [4.69, 9.17) is 10.5 Å². The van der Waals surface area contributed by atoms with E-state index in [9.17, 15) is 4.79 Å². The maximum atomic E-state index is 12.3. The highest BCUT2D eigenvalue weighted by molar-refractivity contribution is 5.94. The smallest absolute Gasteiger partial charge is 0.251 e. The first kappa shape index (κ1) is 21.2. The van der Waals surface area contributed by atoms with Crippen molar-refractivity contribution in [2.45, 2.75) is 32.4 Å². The number of carbonyl (C=O) groups excluding carboxylic acids is 1. The van der Waals surface area contributed by atoms with Crippen molar-refractivity contribution in [2.75, 3.05) is 13.7 Å². The van der Waals surface area contributed by atoms with E-state index < -0.39 is 0 Å². The molecule has 0 saturated heterocycles. The molecule has 0 aliphatic carbocycles. The van der Waals surface area contributed by atoms with E-state index in [0.717, 1.165) is 11.1 Å². The number of amides is 1. The quantitative estimate of drug-likeness (QED) is 0.787. The number of hydrogen-bond donors (Lipinski definition) is 2. The summed E-state index contributed by atoms with van der Waals surface area (Å²) in [6.07, 6.45) is 0. The Hall–Kier alpha value is -1.88. The number of hydrogen-bond acceptors (Lipinski definition) is 3. The second kappa shape index (κ2) is 10.2. The van der Waals surface area contributed by atoms with Crippen LogP contribution in [0.2, 0.25) is 0 Å². The standard InChI is InChI=1S/C20H26N2O2.ClH/c1-14(2)16-7-9-17(10-8-16)19(21)12-22-20(23)18-6-4-5-15(11-18)13-24-3;/h4-11,14,19H,12-13,21H2,1-3H3,(H,22,23);1H. The highest BCUT2D eigenvalue weighted by Crippen LogP contribution is 2.17. The van der Waals surface area contributed by atoms with Gasteiger partial charge in [0, 0.05) is 25.3 Å². The number of nitrogens with one attached hydrogen (secondary N) is 1. The summed E-state index contributed by atoms with van der Waals surface area (Å²) in [5.41, 5.74) is 10.1. The lowest BCUT2D eigenvalue weighted by Gasteiger charge is -2.15. The van der Waals surface area contributed by atoms with Crippen LogP contribution in [-0.2, 0) is 11.3 Å². The summed E-state index contributed by atoms with van der Waals surface area (Å²) in [5, 5.41) is 2.90. The molecule has 0 aliphatic heterocycles. The molecule has 5 heteroatoms. The molecule has 0 bridgehead atoms. The van der Waals surface area contributed by atoms with Crippen molar-refractivity contribution in [3.05, 3.63) is 70.8 Å².